The topological polar surface area (TPSA) is 46.6 Å². The number of amides is 1. The largest absolute Gasteiger partial charge is 0.468 e. The fourth-order valence-corrected chi connectivity index (χ4v) is 1.74. The molecule has 1 aromatic rings. The van der Waals surface area contributed by atoms with Gasteiger partial charge in [0.05, 0.1) is 17.7 Å². The van der Waals surface area contributed by atoms with E-state index in [1.807, 2.05) is 13.0 Å². The number of benzene rings is 1. The van der Waals surface area contributed by atoms with Crippen molar-refractivity contribution in [1.82, 2.24) is 4.90 Å². The molecule has 0 heterocycles. The summed E-state index contributed by atoms with van der Waals surface area (Å²) in [7, 11) is 1.29. The van der Waals surface area contributed by atoms with Crippen molar-refractivity contribution in [1.29, 1.82) is 0 Å². The lowest BCUT2D eigenvalue weighted by molar-refractivity contribution is -0.141. The van der Waals surface area contributed by atoms with Crippen molar-refractivity contribution in [3.63, 3.8) is 0 Å². The molecule has 0 N–H and O–H groups in total. The van der Waals surface area contributed by atoms with E-state index in [4.69, 9.17) is 11.6 Å². The van der Waals surface area contributed by atoms with Gasteiger partial charge >= 0.3 is 5.97 Å². The molecule has 0 unspecified atom stereocenters. The highest BCUT2D eigenvalue weighted by Crippen LogP contribution is 2.21. The van der Waals surface area contributed by atoms with Crippen LogP contribution >= 0.6 is 11.6 Å². The fourth-order valence-electron chi connectivity index (χ4n) is 1.53. The molecule has 18 heavy (non-hydrogen) atoms. The van der Waals surface area contributed by atoms with Gasteiger partial charge < -0.3 is 9.64 Å². The Balaban J connectivity index is 2.97. The Kier molecular flexibility index (Phi) is 5.16. The normalized spacial score (nSPS) is 10.0. The van der Waals surface area contributed by atoms with Crippen molar-refractivity contribution in [2.75, 3.05) is 20.2 Å². The van der Waals surface area contributed by atoms with E-state index in [0.717, 1.165) is 5.56 Å². The molecule has 1 aromatic carbocycles. The van der Waals surface area contributed by atoms with Gasteiger partial charge in [-0.2, -0.15) is 0 Å². The molecule has 1 rings (SSSR count). The molecule has 0 bridgehead atoms. The van der Waals surface area contributed by atoms with Gasteiger partial charge in [-0.3, -0.25) is 9.59 Å². The molecule has 5 heteroatoms. The molecule has 0 saturated heterocycles. The van der Waals surface area contributed by atoms with E-state index in [-0.39, 0.29) is 12.5 Å². The Morgan fingerprint density at radius 3 is 2.61 bits per heavy atom. The minimum absolute atomic E-state index is 0.0733. The van der Waals surface area contributed by atoms with Crippen LogP contribution in [0.4, 0.5) is 0 Å². The maximum atomic E-state index is 12.2. The van der Waals surface area contributed by atoms with E-state index >= 15 is 0 Å². The van der Waals surface area contributed by atoms with Crippen molar-refractivity contribution in [2.45, 2.75) is 13.8 Å². The number of ether oxygens (including phenoxy) is 1. The summed E-state index contributed by atoms with van der Waals surface area (Å²) in [4.78, 5) is 24.8. The van der Waals surface area contributed by atoms with Crippen molar-refractivity contribution < 1.29 is 14.3 Å². The predicted octanol–water partition coefficient (Wildman–Crippen LogP) is 2.28. The summed E-state index contributed by atoms with van der Waals surface area (Å²) in [5.74, 6) is -0.717. The van der Waals surface area contributed by atoms with Crippen molar-refractivity contribution >= 4 is 23.5 Å². The fraction of sp³-hybridized carbons (Fsp3) is 0.385. The summed E-state index contributed by atoms with van der Waals surface area (Å²) in [6, 6.07) is 5.24. The molecule has 0 aliphatic heterocycles. The van der Waals surface area contributed by atoms with E-state index in [1.165, 1.54) is 12.0 Å². The van der Waals surface area contributed by atoms with E-state index in [0.29, 0.717) is 17.1 Å². The SMILES string of the molecule is CCN(CC(=O)OC)C(=O)c1cccc(C)c1Cl. The zero-order chi connectivity index (χ0) is 13.7. The lowest BCUT2D eigenvalue weighted by Crippen LogP contribution is -2.36. The lowest BCUT2D eigenvalue weighted by atomic mass is 10.1. The highest BCUT2D eigenvalue weighted by Gasteiger charge is 2.20. The Hall–Kier alpha value is -1.55. The number of hydrogen-bond donors (Lipinski definition) is 0. The number of hydrogen-bond acceptors (Lipinski definition) is 3. The predicted molar refractivity (Wildman–Crippen MR) is 69.8 cm³/mol. The number of carbonyl (C=O) groups is 2. The van der Waals surface area contributed by atoms with Crippen LogP contribution in [0.25, 0.3) is 0 Å². The van der Waals surface area contributed by atoms with Gasteiger partial charge in [0.1, 0.15) is 6.54 Å². The average Bonchev–Trinajstić information content (AvgIpc) is 2.38. The third kappa shape index (κ3) is 3.23. The molecule has 0 aliphatic carbocycles. The van der Waals surface area contributed by atoms with Gasteiger partial charge in [0.2, 0.25) is 0 Å². The van der Waals surface area contributed by atoms with E-state index in [1.54, 1.807) is 19.1 Å². The van der Waals surface area contributed by atoms with Gasteiger partial charge in [-0.05, 0) is 25.5 Å². The number of aryl methyl sites for hydroxylation is 1. The maximum Gasteiger partial charge on any atom is 0.325 e. The molecule has 0 atom stereocenters. The zero-order valence-corrected chi connectivity index (χ0v) is 11.5. The van der Waals surface area contributed by atoms with Crippen LogP contribution in [0.5, 0.6) is 0 Å². The number of likely N-dealkylation sites (N-methyl/N-ethyl adjacent to an activating group) is 1. The van der Waals surface area contributed by atoms with E-state index in [9.17, 15) is 9.59 Å². The molecule has 4 nitrogen and oxygen atoms in total. The van der Waals surface area contributed by atoms with Crippen molar-refractivity contribution in [2.24, 2.45) is 0 Å². The Morgan fingerprint density at radius 2 is 2.06 bits per heavy atom. The minimum Gasteiger partial charge on any atom is -0.468 e. The number of nitrogens with zero attached hydrogens (tertiary/aromatic N) is 1. The van der Waals surface area contributed by atoms with Gasteiger partial charge in [-0.25, -0.2) is 0 Å². The zero-order valence-electron chi connectivity index (χ0n) is 10.7. The first-order chi connectivity index (χ1) is 8.51. The summed E-state index contributed by atoms with van der Waals surface area (Å²) < 4.78 is 4.56. The third-order valence-electron chi connectivity index (χ3n) is 2.64. The lowest BCUT2D eigenvalue weighted by Gasteiger charge is -2.20. The highest BCUT2D eigenvalue weighted by atomic mass is 35.5. The van der Waals surface area contributed by atoms with Crippen LogP contribution in [0.1, 0.15) is 22.8 Å². The summed E-state index contributed by atoms with van der Waals surface area (Å²) in [5, 5.41) is 0.422. The quantitative estimate of drug-likeness (QED) is 0.788. The van der Waals surface area contributed by atoms with Gasteiger partial charge in [0.25, 0.3) is 5.91 Å². The molecule has 0 fully saturated rings. The van der Waals surface area contributed by atoms with Crippen LogP contribution < -0.4 is 0 Å². The van der Waals surface area contributed by atoms with Crippen LogP contribution in [0.15, 0.2) is 18.2 Å². The molecule has 0 radical (unpaired) electrons. The van der Waals surface area contributed by atoms with Crippen LogP contribution in [0, 0.1) is 6.92 Å². The monoisotopic (exact) mass is 269 g/mol. The third-order valence-corrected chi connectivity index (χ3v) is 3.14. The summed E-state index contributed by atoms with van der Waals surface area (Å²) in [6.07, 6.45) is 0. The molecule has 0 aliphatic rings. The van der Waals surface area contributed by atoms with Crippen LogP contribution in [-0.2, 0) is 9.53 Å². The maximum absolute atomic E-state index is 12.2. The number of halogens is 1. The van der Waals surface area contributed by atoms with Gasteiger partial charge in [-0.15, -0.1) is 0 Å². The van der Waals surface area contributed by atoms with E-state index in [2.05, 4.69) is 4.74 Å². The van der Waals surface area contributed by atoms with Crippen LogP contribution in [0.2, 0.25) is 5.02 Å². The summed E-state index contributed by atoms with van der Waals surface area (Å²) in [6.45, 7) is 3.97. The van der Waals surface area contributed by atoms with Gasteiger partial charge in [0, 0.05) is 6.54 Å². The Labute approximate surface area is 111 Å². The van der Waals surface area contributed by atoms with Crippen molar-refractivity contribution in [3.8, 4) is 0 Å². The highest BCUT2D eigenvalue weighted by molar-refractivity contribution is 6.34. The second-order valence-corrected chi connectivity index (χ2v) is 4.21. The van der Waals surface area contributed by atoms with Crippen LogP contribution in [-0.4, -0.2) is 37.0 Å². The number of esters is 1. The Bertz CT molecular complexity index is 460. The first-order valence-corrected chi connectivity index (χ1v) is 6.00. The van der Waals surface area contributed by atoms with Gasteiger partial charge in [0.15, 0.2) is 0 Å². The molecular formula is C13H16ClNO3. The molecule has 98 valence electrons. The summed E-state index contributed by atoms with van der Waals surface area (Å²) >= 11 is 6.10. The first-order valence-electron chi connectivity index (χ1n) is 5.62. The second kappa shape index (κ2) is 6.40. The number of carbonyl (C=O) groups excluding carboxylic acids is 2. The van der Waals surface area contributed by atoms with Crippen molar-refractivity contribution in [3.05, 3.63) is 34.3 Å². The number of rotatable bonds is 4. The Morgan fingerprint density at radius 1 is 1.39 bits per heavy atom. The van der Waals surface area contributed by atoms with Gasteiger partial charge in [-0.1, -0.05) is 23.7 Å². The molecule has 0 aromatic heterocycles. The molecule has 0 saturated carbocycles. The van der Waals surface area contributed by atoms with E-state index < -0.39 is 5.97 Å². The molecule has 1 amide bonds. The number of methoxy groups -OCH3 is 1. The average molecular weight is 270 g/mol. The standard InChI is InChI=1S/C13H16ClNO3/c1-4-15(8-11(16)18-3)13(17)10-7-5-6-9(2)12(10)14/h5-7H,4,8H2,1-3H3. The van der Waals surface area contributed by atoms with Crippen LogP contribution in [0.3, 0.4) is 0 Å². The minimum atomic E-state index is -0.450. The summed E-state index contributed by atoms with van der Waals surface area (Å²) in [5.41, 5.74) is 1.24. The smallest absolute Gasteiger partial charge is 0.325 e. The molecular weight excluding hydrogens is 254 g/mol. The second-order valence-electron chi connectivity index (χ2n) is 3.83. The molecule has 0 spiro atoms. The first kappa shape index (κ1) is 14.5.